The zero-order chi connectivity index (χ0) is 9.97. The van der Waals surface area contributed by atoms with Gasteiger partial charge in [0, 0.05) is 6.61 Å². The standard InChI is InChI=1S/C8H11ClN4O/c9-7-6(10)8(12-4-11-7)13-5-1-2-14-3-5/h4-5H,1-3,10H2,(H,11,12,13). The van der Waals surface area contributed by atoms with E-state index in [4.69, 9.17) is 22.1 Å². The van der Waals surface area contributed by atoms with Gasteiger partial charge in [-0.05, 0) is 6.42 Å². The first-order chi connectivity index (χ1) is 6.77. The van der Waals surface area contributed by atoms with Crippen LogP contribution in [0.15, 0.2) is 6.33 Å². The normalized spacial score (nSPS) is 21.1. The molecule has 1 aromatic heterocycles. The lowest BCUT2D eigenvalue weighted by atomic mass is 10.2. The molecule has 0 saturated carbocycles. The quantitative estimate of drug-likeness (QED) is 0.716. The number of halogens is 1. The monoisotopic (exact) mass is 214 g/mol. The van der Waals surface area contributed by atoms with E-state index in [-0.39, 0.29) is 11.2 Å². The molecule has 0 bridgehead atoms. The van der Waals surface area contributed by atoms with Crippen LogP contribution in [-0.4, -0.2) is 29.2 Å². The molecule has 1 atom stereocenters. The molecule has 1 aliphatic heterocycles. The van der Waals surface area contributed by atoms with Crippen LogP contribution in [-0.2, 0) is 4.74 Å². The van der Waals surface area contributed by atoms with Crippen LogP contribution in [0.1, 0.15) is 6.42 Å². The second kappa shape index (κ2) is 3.98. The van der Waals surface area contributed by atoms with E-state index < -0.39 is 0 Å². The number of rotatable bonds is 2. The van der Waals surface area contributed by atoms with Crippen molar-refractivity contribution in [2.24, 2.45) is 0 Å². The summed E-state index contributed by atoms with van der Waals surface area (Å²) in [4.78, 5) is 7.79. The summed E-state index contributed by atoms with van der Waals surface area (Å²) in [6, 6.07) is 0.267. The van der Waals surface area contributed by atoms with E-state index in [0.29, 0.717) is 18.1 Å². The highest BCUT2D eigenvalue weighted by Crippen LogP contribution is 2.23. The molecule has 0 aliphatic carbocycles. The molecule has 1 aliphatic rings. The maximum absolute atomic E-state index is 5.75. The third kappa shape index (κ3) is 1.88. The van der Waals surface area contributed by atoms with Gasteiger partial charge in [-0.3, -0.25) is 0 Å². The van der Waals surface area contributed by atoms with Crippen LogP contribution in [0, 0.1) is 0 Å². The lowest BCUT2D eigenvalue weighted by Crippen LogP contribution is -2.20. The minimum Gasteiger partial charge on any atom is -0.393 e. The van der Waals surface area contributed by atoms with E-state index in [1.807, 2.05) is 0 Å². The van der Waals surface area contributed by atoms with Crippen LogP contribution >= 0.6 is 11.6 Å². The summed E-state index contributed by atoms with van der Waals surface area (Å²) in [5.74, 6) is 0.584. The summed E-state index contributed by atoms with van der Waals surface area (Å²) in [5.41, 5.74) is 6.09. The van der Waals surface area contributed by atoms with Gasteiger partial charge >= 0.3 is 0 Å². The van der Waals surface area contributed by atoms with Crippen LogP contribution < -0.4 is 11.1 Å². The molecule has 1 unspecified atom stereocenters. The van der Waals surface area contributed by atoms with Crippen molar-refractivity contribution in [2.45, 2.75) is 12.5 Å². The van der Waals surface area contributed by atoms with Gasteiger partial charge in [0.25, 0.3) is 0 Å². The van der Waals surface area contributed by atoms with Gasteiger partial charge in [0.2, 0.25) is 0 Å². The van der Waals surface area contributed by atoms with Gasteiger partial charge < -0.3 is 15.8 Å². The van der Waals surface area contributed by atoms with Crippen molar-refractivity contribution >= 4 is 23.1 Å². The summed E-state index contributed by atoms with van der Waals surface area (Å²) < 4.78 is 5.22. The smallest absolute Gasteiger partial charge is 0.157 e. The maximum Gasteiger partial charge on any atom is 0.157 e. The Hall–Kier alpha value is -1.07. The topological polar surface area (TPSA) is 73.1 Å². The van der Waals surface area contributed by atoms with Crippen LogP contribution in [0.25, 0.3) is 0 Å². The SMILES string of the molecule is Nc1c(Cl)ncnc1NC1CCOC1. The van der Waals surface area contributed by atoms with Crippen LogP contribution in [0.3, 0.4) is 0 Å². The molecule has 0 radical (unpaired) electrons. The Morgan fingerprint density at radius 3 is 3.14 bits per heavy atom. The Labute approximate surface area is 86.6 Å². The zero-order valence-corrected chi connectivity index (χ0v) is 8.29. The molecule has 0 amide bonds. The highest BCUT2D eigenvalue weighted by molar-refractivity contribution is 6.32. The van der Waals surface area contributed by atoms with Gasteiger partial charge in [-0.25, -0.2) is 9.97 Å². The number of ether oxygens (including phenoxy) is 1. The lowest BCUT2D eigenvalue weighted by molar-refractivity contribution is 0.195. The molecule has 1 saturated heterocycles. The predicted molar refractivity (Wildman–Crippen MR) is 54.3 cm³/mol. The minimum absolute atomic E-state index is 0.267. The van der Waals surface area contributed by atoms with Crippen LogP contribution in [0.2, 0.25) is 5.15 Å². The van der Waals surface area contributed by atoms with Gasteiger partial charge in [0.15, 0.2) is 11.0 Å². The molecular formula is C8H11ClN4O. The number of aromatic nitrogens is 2. The van der Waals surface area contributed by atoms with E-state index in [0.717, 1.165) is 13.0 Å². The van der Waals surface area contributed by atoms with E-state index in [2.05, 4.69) is 15.3 Å². The van der Waals surface area contributed by atoms with E-state index in [9.17, 15) is 0 Å². The first kappa shape index (κ1) is 9.48. The van der Waals surface area contributed by atoms with E-state index in [1.54, 1.807) is 0 Å². The molecule has 2 heterocycles. The number of nitrogens with one attached hydrogen (secondary N) is 1. The van der Waals surface area contributed by atoms with Crippen LogP contribution in [0.5, 0.6) is 0 Å². The molecule has 3 N–H and O–H groups in total. The Balaban J connectivity index is 2.11. The molecule has 5 nitrogen and oxygen atoms in total. The molecule has 6 heteroatoms. The average molecular weight is 215 g/mol. The number of nitrogen functional groups attached to an aromatic ring is 1. The fourth-order valence-electron chi connectivity index (χ4n) is 1.33. The third-order valence-electron chi connectivity index (χ3n) is 2.11. The lowest BCUT2D eigenvalue weighted by Gasteiger charge is -2.12. The number of nitrogens with two attached hydrogens (primary N) is 1. The second-order valence-corrected chi connectivity index (χ2v) is 3.49. The van der Waals surface area contributed by atoms with Crippen molar-refractivity contribution in [3.8, 4) is 0 Å². The molecular weight excluding hydrogens is 204 g/mol. The van der Waals surface area contributed by atoms with Crippen molar-refractivity contribution < 1.29 is 4.74 Å². The molecule has 1 fully saturated rings. The first-order valence-corrected chi connectivity index (χ1v) is 4.75. The second-order valence-electron chi connectivity index (χ2n) is 3.13. The van der Waals surface area contributed by atoms with Gasteiger partial charge in [0.05, 0.1) is 12.6 Å². The highest BCUT2D eigenvalue weighted by Gasteiger charge is 2.17. The summed E-state index contributed by atoms with van der Waals surface area (Å²) in [6.07, 6.45) is 2.35. The van der Waals surface area contributed by atoms with Crippen molar-refractivity contribution in [2.75, 3.05) is 24.3 Å². The molecule has 2 rings (SSSR count). The number of anilines is 2. The van der Waals surface area contributed by atoms with Crippen LogP contribution in [0.4, 0.5) is 11.5 Å². The highest BCUT2D eigenvalue weighted by atomic mass is 35.5. The molecule has 0 aromatic carbocycles. The van der Waals surface area contributed by atoms with E-state index in [1.165, 1.54) is 6.33 Å². The Kier molecular flexibility index (Phi) is 2.69. The fourth-order valence-corrected chi connectivity index (χ4v) is 1.46. The predicted octanol–water partition coefficient (Wildman–Crippen LogP) is 0.913. The minimum atomic E-state index is 0.267. The average Bonchev–Trinajstić information content (AvgIpc) is 2.66. The van der Waals surface area contributed by atoms with Crippen molar-refractivity contribution in [3.63, 3.8) is 0 Å². The Bertz CT molecular complexity index is 327. The summed E-state index contributed by atoms with van der Waals surface area (Å²) in [5, 5.41) is 3.44. The van der Waals surface area contributed by atoms with Gasteiger partial charge in [-0.2, -0.15) is 0 Å². The zero-order valence-electron chi connectivity index (χ0n) is 7.53. The van der Waals surface area contributed by atoms with Gasteiger partial charge in [0.1, 0.15) is 12.0 Å². The number of hydrogen-bond acceptors (Lipinski definition) is 5. The van der Waals surface area contributed by atoms with Crippen molar-refractivity contribution in [3.05, 3.63) is 11.5 Å². The summed E-state index contributed by atoms with van der Waals surface area (Å²) >= 11 is 5.75. The third-order valence-corrected chi connectivity index (χ3v) is 2.41. The number of hydrogen-bond donors (Lipinski definition) is 2. The van der Waals surface area contributed by atoms with Crippen molar-refractivity contribution in [1.29, 1.82) is 0 Å². The van der Waals surface area contributed by atoms with E-state index >= 15 is 0 Å². The largest absolute Gasteiger partial charge is 0.393 e. The Morgan fingerprint density at radius 1 is 1.57 bits per heavy atom. The molecule has 1 aromatic rings. The molecule has 14 heavy (non-hydrogen) atoms. The molecule has 76 valence electrons. The maximum atomic E-state index is 5.75. The summed E-state index contributed by atoms with van der Waals surface area (Å²) in [6.45, 7) is 1.46. The molecule has 0 spiro atoms. The first-order valence-electron chi connectivity index (χ1n) is 4.37. The number of nitrogens with zero attached hydrogens (tertiary/aromatic N) is 2. The van der Waals surface area contributed by atoms with Gasteiger partial charge in [-0.1, -0.05) is 11.6 Å². The van der Waals surface area contributed by atoms with Crippen molar-refractivity contribution in [1.82, 2.24) is 9.97 Å². The fraction of sp³-hybridized carbons (Fsp3) is 0.500. The Morgan fingerprint density at radius 2 is 2.43 bits per heavy atom. The van der Waals surface area contributed by atoms with Gasteiger partial charge in [-0.15, -0.1) is 0 Å². The summed E-state index contributed by atoms with van der Waals surface area (Å²) in [7, 11) is 0.